The van der Waals surface area contributed by atoms with Crippen LogP contribution in [0.1, 0.15) is 38.5 Å². The highest BCUT2D eigenvalue weighted by Crippen LogP contribution is 2.52. The van der Waals surface area contributed by atoms with Crippen LogP contribution in [0.4, 0.5) is 0 Å². The van der Waals surface area contributed by atoms with Crippen LogP contribution >= 0.6 is 0 Å². The highest BCUT2D eigenvalue weighted by molar-refractivity contribution is 5.81. The number of amides is 1. The molecule has 2 bridgehead atoms. The van der Waals surface area contributed by atoms with Gasteiger partial charge in [-0.1, -0.05) is 25.0 Å². The van der Waals surface area contributed by atoms with Gasteiger partial charge in [-0.05, 0) is 43.4 Å². The topological polar surface area (TPSA) is 20.3 Å². The Hall–Kier alpha value is -0.790. The predicted molar refractivity (Wildman–Crippen MR) is 66.3 cm³/mol. The lowest BCUT2D eigenvalue weighted by molar-refractivity contribution is -0.144. The molecule has 4 aliphatic rings. The van der Waals surface area contributed by atoms with Crippen LogP contribution in [0.3, 0.4) is 0 Å². The van der Waals surface area contributed by atoms with E-state index in [1.54, 1.807) is 0 Å². The van der Waals surface area contributed by atoms with Crippen LogP contribution < -0.4 is 0 Å². The molecule has 0 N–H and O–H groups in total. The van der Waals surface area contributed by atoms with Gasteiger partial charge in [-0.3, -0.25) is 4.79 Å². The number of hydrogen-bond acceptors (Lipinski definition) is 1. The van der Waals surface area contributed by atoms with Gasteiger partial charge >= 0.3 is 0 Å². The van der Waals surface area contributed by atoms with Gasteiger partial charge in [-0.25, -0.2) is 0 Å². The summed E-state index contributed by atoms with van der Waals surface area (Å²) in [5, 5.41) is 0. The molecule has 4 atom stereocenters. The lowest BCUT2D eigenvalue weighted by Gasteiger charge is -2.41. The Labute approximate surface area is 103 Å². The number of allylic oxidation sites excluding steroid dienone is 2. The number of fused-ring (bicyclic) bond motifs is 5. The fourth-order valence-electron chi connectivity index (χ4n) is 4.85. The van der Waals surface area contributed by atoms with Gasteiger partial charge < -0.3 is 4.90 Å². The average molecular weight is 231 g/mol. The zero-order valence-corrected chi connectivity index (χ0v) is 10.3. The van der Waals surface area contributed by atoms with E-state index in [1.165, 1.54) is 38.5 Å². The van der Waals surface area contributed by atoms with E-state index in [0.717, 1.165) is 12.5 Å². The van der Waals surface area contributed by atoms with Crippen molar-refractivity contribution in [2.24, 2.45) is 23.7 Å². The molecule has 1 heterocycles. The standard InChI is InChI=1S/C15H21NO/c17-15-14-11-6-5-10(9-11)13(14)7-8-16(15)12-3-1-2-4-12/h5-6,10-14H,1-4,7-9H2. The number of nitrogens with zero attached hydrogens (tertiary/aromatic N) is 1. The van der Waals surface area contributed by atoms with E-state index >= 15 is 0 Å². The maximum Gasteiger partial charge on any atom is 0.226 e. The first-order valence-electron chi connectivity index (χ1n) is 7.33. The van der Waals surface area contributed by atoms with E-state index < -0.39 is 0 Å². The van der Waals surface area contributed by atoms with Crippen LogP contribution in [0.15, 0.2) is 12.2 Å². The number of rotatable bonds is 1. The average Bonchev–Trinajstić information content (AvgIpc) is 3.06. The molecule has 0 aromatic heterocycles. The molecule has 92 valence electrons. The van der Waals surface area contributed by atoms with Crippen molar-refractivity contribution in [3.63, 3.8) is 0 Å². The quantitative estimate of drug-likeness (QED) is 0.635. The Morgan fingerprint density at radius 2 is 1.82 bits per heavy atom. The second-order valence-corrected chi connectivity index (χ2v) is 6.40. The molecule has 0 radical (unpaired) electrons. The summed E-state index contributed by atoms with van der Waals surface area (Å²) in [6.45, 7) is 1.04. The molecule has 0 aromatic carbocycles. The molecule has 2 saturated carbocycles. The lowest BCUT2D eigenvalue weighted by Crippen LogP contribution is -2.50. The number of carbonyl (C=O) groups is 1. The van der Waals surface area contributed by atoms with Crippen molar-refractivity contribution in [1.29, 1.82) is 0 Å². The van der Waals surface area contributed by atoms with Crippen LogP contribution in [-0.2, 0) is 4.79 Å². The maximum atomic E-state index is 12.7. The van der Waals surface area contributed by atoms with Crippen LogP contribution in [0.5, 0.6) is 0 Å². The van der Waals surface area contributed by atoms with Gasteiger partial charge in [0.1, 0.15) is 0 Å². The van der Waals surface area contributed by atoms with Crippen molar-refractivity contribution in [3.05, 3.63) is 12.2 Å². The fourth-order valence-corrected chi connectivity index (χ4v) is 4.85. The van der Waals surface area contributed by atoms with Crippen molar-refractivity contribution in [3.8, 4) is 0 Å². The van der Waals surface area contributed by atoms with E-state index in [0.29, 0.717) is 29.7 Å². The maximum absolute atomic E-state index is 12.7. The molecule has 1 amide bonds. The number of carbonyl (C=O) groups excluding carboxylic acids is 1. The molecule has 0 spiro atoms. The molecule has 1 saturated heterocycles. The van der Waals surface area contributed by atoms with Gasteiger partial charge in [0.05, 0.1) is 0 Å². The summed E-state index contributed by atoms with van der Waals surface area (Å²) < 4.78 is 0. The third-order valence-electron chi connectivity index (χ3n) is 5.66. The smallest absolute Gasteiger partial charge is 0.226 e. The summed E-state index contributed by atoms with van der Waals surface area (Å²) in [5.74, 6) is 2.88. The molecular formula is C15H21NO. The van der Waals surface area contributed by atoms with Gasteiger partial charge in [0.15, 0.2) is 0 Å². The summed E-state index contributed by atoms with van der Waals surface area (Å²) >= 11 is 0. The van der Waals surface area contributed by atoms with Crippen molar-refractivity contribution >= 4 is 5.91 Å². The van der Waals surface area contributed by atoms with Crippen molar-refractivity contribution in [1.82, 2.24) is 4.90 Å². The number of piperidine rings is 1. The second-order valence-electron chi connectivity index (χ2n) is 6.40. The van der Waals surface area contributed by atoms with E-state index in [4.69, 9.17) is 0 Å². The molecular weight excluding hydrogens is 210 g/mol. The first-order chi connectivity index (χ1) is 8.34. The highest BCUT2D eigenvalue weighted by Gasteiger charge is 2.52. The van der Waals surface area contributed by atoms with Crippen molar-refractivity contribution in [2.45, 2.75) is 44.6 Å². The summed E-state index contributed by atoms with van der Waals surface area (Å²) in [7, 11) is 0. The van der Waals surface area contributed by atoms with E-state index in [1.807, 2.05) is 0 Å². The van der Waals surface area contributed by atoms with Crippen LogP contribution in [0.25, 0.3) is 0 Å². The monoisotopic (exact) mass is 231 g/mol. The van der Waals surface area contributed by atoms with Gasteiger partial charge in [0, 0.05) is 18.5 Å². The summed E-state index contributed by atoms with van der Waals surface area (Å²) in [5.41, 5.74) is 0. The Balaban J connectivity index is 1.58. The molecule has 17 heavy (non-hydrogen) atoms. The lowest BCUT2D eigenvalue weighted by atomic mass is 9.77. The third kappa shape index (κ3) is 1.36. The highest BCUT2D eigenvalue weighted by atomic mass is 16.2. The Kier molecular flexibility index (Phi) is 2.15. The zero-order valence-electron chi connectivity index (χ0n) is 10.3. The van der Waals surface area contributed by atoms with Crippen LogP contribution in [0, 0.1) is 23.7 Å². The molecule has 3 aliphatic carbocycles. The van der Waals surface area contributed by atoms with Crippen LogP contribution in [0.2, 0.25) is 0 Å². The van der Waals surface area contributed by atoms with Gasteiger partial charge in [-0.15, -0.1) is 0 Å². The van der Waals surface area contributed by atoms with Crippen molar-refractivity contribution in [2.75, 3.05) is 6.54 Å². The van der Waals surface area contributed by atoms with Crippen LogP contribution in [-0.4, -0.2) is 23.4 Å². The minimum absolute atomic E-state index is 0.361. The summed E-state index contributed by atoms with van der Waals surface area (Å²) in [6.07, 6.45) is 12.4. The molecule has 3 fully saturated rings. The second kappa shape index (κ2) is 3.60. The van der Waals surface area contributed by atoms with Gasteiger partial charge in [-0.2, -0.15) is 0 Å². The normalized spacial score (nSPS) is 44.7. The Morgan fingerprint density at radius 1 is 1.06 bits per heavy atom. The van der Waals surface area contributed by atoms with E-state index in [9.17, 15) is 4.79 Å². The molecule has 4 unspecified atom stereocenters. The number of likely N-dealkylation sites (tertiary alicyclic amines) is 1. The summed E-state index contributed by atoms with van der Waals surface area (Å²) in [4.78, 5) is 14.9. The first kappa shape index (κ1) is 10.2. The minimum atomic E-state index is 0.361. The SMILES string of the molecule is O=C1C2C3C=CC(C3)C2CCN1C1CCCC1. The Bertz CT molecular complexity index is 369. The number of hydrogen-bond donors (Lipinski definition) is 0. The molecule has 0 aromatic rings. The minimum Gasteiger partial charge on any atom is -0.339 e. The molecule has 4 rings (SSSR count). The van der Waals surface area contributed by atoms with Crippen molar-refractivity contribution < 1.29 is 4.79 Å². The summed E-state index contributed by atoms with van der Waals surface area (Å²) in [6, 6.07) is 0.589. The molecule has 2 heteroatoms. The van der Waals surface area contributed by atoms with E-state index in [-0.39, 0.29) is 0 Å². The molecule has 1 aliphatic heterocycles. The fraction of sp³-hybridized carbons (Fsp3) is 0.800. The predicted octanol–water partition coefficient (Wildman–Crippen LogP) is 2.60. The Morgan fingerprint density at radius 3 is 2.65 bits per heavy atom. The zero-order chi connectivity index (χ0) is 11.4. The van der Waals surface area contributed by atoms with Gasteiger partial charge in [0.25, 0.3) is 0 Å². The largest absolute Gasteiger partial charge is 0.339 e. The third-order valence-corrected chi connectivity index (χ3v) is 5.66. The molecule has 2 nitrogen and oxygen atoms in total. The van der Waals surface area contributed by atoms with E-state index in [2.05, 4.69) is 17.1 Å². The van der Waals surface area contributed by atoms with Gasteiger partial charge in [0.2, 0.25) is 5.91 Å². The first-order valence-corrected chi connectivity index (χ1v) is 7.33.